The lowest BCUT2D eigenvalue weighted by atomic mass is 10.0. The molecule has 0 saturated carbocycles. The van der Waals surface area contributed by atoms with Gasteiger partial charge in [0.2, 0.25) is 21.8 Å². The Balaban J connectivity index is 1.78. The molecule has 0 aromatic heterocycles. The highest BCUT2D eigenvalue weighted by molar-refractivity contribution is 7.89. The Morgan fingerprint density at radius 2 is 1.87 bits per heavy atom. The van der Waals surface area contributed by atoms with Crippen LogP contribution in [0.25, 0.3) is 0 Å². The molecule has 10 heteroatoms. The van der Waals surface area contributed by atoms with E-state index in [-0.39, 0.29) is 42.3 Å². The quantitative estimate of drug-likeness (QED) is 0.716. The first-order chi connectivity index (χ1) is 14.7. The van der Waals surface area contributed by atoms with Gasteiger partial charge in [0.15, 0.2) is 0 Å². The van der Waals surface area contributed by atoms with E-state index in [1.54, 1.807) is 24.0 Å². The number of piperidine rings is 1. The number of benzene rings is 1. The second-order valence-electron chi connectivity index (χ2n) is 7.62. The molecule has 1 aromatic rings. The van der Waals surface area contributed by atoms with Crippen molar-refractivity contribution in [2.24, 2.45) is 0 Å². The molecule has 0 spiro atoms. The summed E-state index contributed by atoms with van der Waals surface area (Å²) >= 11 is 0. The number of nitrogens with one attached hydrogen (secondary N) is 1. The average molecular weight is 455 g/mol. The molecular formula is C21H26F2N3O4S. The second-order valence-corrected chi connectivity index (χ2v) is 9.30. The Labute approximate surface area is 181 Å². The van der Waals surface area contributed by atoms with E-state index in [4.69, 9.17) is 0 Å². The van der Waals surface area contributed by atoms with Gasteiger partial charge in [-0.2, -0.15) is 13.5 Å². The lowest BCUT2D eigenvalue weighted by Crippen LogP contribution is -2.49. The molecule has 2 heterocycles. The third kappa shape index (κ3) is 4.95. The van der Waals surface area contributed by atoms with Crippen molar-refractivity contribution < 1.29 is 26.8 Å². The summed E-state index contributed by atoms with van der Waals surface area (Å²) in [6.07, 6.45) is -0.0955. The summed E-state index contributed by atoms with van der Waals surface area (Å²) in [6, 6.07) is 3.42. The standard InChI is InChI=1S/C21H26F2N3O4S/c1-3-16-17(26-11-5-8-19(26)27)6-4-7-18(16)31(29,30)24-14(2)21(28)25-12-9-15(10-13-25)20(22)23/h4,6-7,14,24H,2-3,5,8-13H2,1H3/t14-/m0/s1. The maximum Gasteiger partial charge on any atom is 0.269 e. The normalized spacial score (nSPS) is 18.5. The first-order valence-corrected chi connectivity index (χ1v) is 11.7. The van der Waals surface area contributed by atoms with Crippen molar-refractivity contribution in [3.8, 4) is 0 Å². The van der Waals surface area contributed by atoms with Crippen LogP contribution in [-0.2, 0) is 26.0 Å². The molecular weight excluding hydrogens is 428 g/mol. The SMILES string of the molecule is [CH2][C@H](NS(=O)(=O)c1cccc(N2CCCC2=O)c1CC)C(=O)N1CCC(=C(F)F)CC1. The fourth-order valence-electron chi connectivity index (χ4n) is 4.02. The molecule has 0 aliphatic carbocycles. The zero-order chi connectivity index (χ0) is 22.8. The third-order valence-corrected chi connectivity index (χ3v) is 7.21. The number of halogens is 2. The second kappa shape index (κ2) is 9.44. The van der Waals surface area contributed by atoms with Crippen LogP contribution in [0.3, 0.4) is 0 Å². The van der Waals surface area contributed by atoms with Crippen molar-refractivity contribution >= 4 is 27.5 Å². The van der Waals surface area contributed by atoms with Crippen LogP contribution >= 0.6 is 0 Å². The Hall–Kier alpha value is -2.33. The molecule has 31 heavy (non-hydrogen) atoms. The van der Waals surface area contributed by atoms with Crippen molar-refractivity contribution in [2.45, 2.75) is 50.0 Å². The molecule has 0 unspecified atom stereocenters. The van der Waals surface area contributed by atoms with E-state index >= 15 is 0 Å². The fraction of sp³-hybridized carbons (Fsp3) is 0.476. The van der Waals surface area contributed by atoms with Gasteiger partial charge in [0.05, 0.1) is 4.90 Å². The van der Waals surface area contributed by atoms with Gasteiger partial charge in [0.1, 0.15) is 6.04 Å². The highest BCUT2D eigenvalue weighted by atomic mass is 32.2. The van der Waals surface area contributed by atoms with E-state index in [1.807, 2.05) is 0 Å². The predicted octanol–water partition coefficient (Wildman–Crippen LogP) is 2.63. The van der Waals surface area contributed by atoms with Crippen molar-refractivity contribution in [1.82, 2.24) is 9.62 Å². The summed E-state index contributed by atoms with van der Waals surface area (Å²) in [6.45, 7) is 6.15. The fourth-order valence-corrected chi connectivity index (χ4v) is 5.46. The molecule has 1 radical (unpaired) electrons. The Morgan fingerprint density at radius 1 is 1.19 bits per heavy atom. The summed E-state index contributed by atoms with van der Waals surface area (Å²) in [7, 11) is -4.11. The average Bonchev–Trinajstić information content (AvgIpc) is 3.17. The van der Waals surface area contributed by atoms with Crippen molar-refractivity contribution in [3.05, 3.63) is 42.3 Å². The van der Waals surface area contributed by atoms with Gasteiger partial charge < -0.3 is 9.80 Å². The zero-order valence-electron chi connectivity index (χ0n) is 17.4. The highest BCUT2D eigenvalue weighted by Crippen LogP contribution is 2.31. The number of carbonyl (C=O) groups excluding carboxylic acids is 2. The summed E-state index contributed by atoms with van der Waals surface area (Å²) in [5.74, 6) is -0.614. The van der Waals surface area contributed by atoms with Crippen molar-refractivity contribution in [3.63, 3.8) is 0 Å². The summed E-state index contributed by atoms with van der Waals surface area (Å²) < 4.78 is 53.9. The topological polar surface area (TPSA) is 86.8 Å². The number of anilines is 1. The lowest BCUT2D eigenvalue weighted by Gasteiger charge is -2.30. The number of likely N-dealkylation sites (tertiary alicyclic amines) is 1. The number of hydrogen-bond acceptors (Lipinski definition) is 4. The Bertz CT molecular complexity index is 996. The van der Waals surface area contributed by atoms with E-state index in [2.05, 4.69) is 11.6 Å². The van der Waals surface area contributed by atoms with Crippen LogP contribution in [0.4, 0.5) is 14.5 Å². The van der Waals surface area contributed by atoms with Crippen molar-refractivity contribution in [1.29, 1.82) is 0 Å². The van der Waals surface area contributed by atoms with E-state index in [0.717, 1.165) is 0 Å². The van der Waals surface area contributed by atoms with Gasteiger partial charge in [-0.15, -0.1) is 0 Å². The number of hydrogen-bond donors (Lipinski definition) is 1. The van der Waals surface area contributed by atoms with Crippen molar-refractivity contribution in [2.75, 3.05) is 24.5 Å². The molecule has 7 nitrogen and oxygen atoms in total. The smallest absolute Gasteiger partial charge is 0.269 e. The van der Waals surface area contributed by atoms with Gasteiger partial charge in [-0.05, 0) is 55.9 Å². The minimum atomic E-state index is -4.11. The molecule has 169 valence electrons. The largest absolute Gasteiger partial charge is 0.341 e. The van der Waals surface area contributed by atoms with E-state index in [0.29, 0.717) is 37.1 Å². The van der Waals surface area contributed by atoms with Crippen LogP contribution in [0.5, 0.6) is 0 Å². The minimum Gasteiger partial charge on any atom is -0.341 e. The molecule has 2 fully saturated rings. The molecule has 2 amide bonds. The number of amides is 2. The maximum absolute atomic E-state index is 13.1. The van der Waals surface area contributed by atoms with Crippen LogP contribution in [-0.4, -0.2) is 50.8 Å². The van der Waals surface area contributed by atoms with Gasteiger partial charge in [0, 0.05) is 31.7 Å². The first kappa shape index (κ1) is 23.3. The van der Waals surface area contributed by atoms with Crippen LogP contribution in [0.15, 0.2) is 34.7 Å². The maximum atomic E-state index is 13.1. The van der Waals surface area contributed by atoms with Crippen LogP contribution in [0.2, 0.25) is 0 Å². The van der Waals surface area contributed by atoms with Gasteiger partial charge in [-0.3, -0.25) is 9.59 Å². The van der Waals surface area contributed by atoms with Crippen LogP contribution < -0.4 is 9.62 Å². The van der Waals surface area contributed by atoms with Crippen LogP contribution in [0, 0.1) is 6.92 Å². The van der Waals surface area contributed by atoms with Gasteiger partial charge >= 0.3 is 0 Å². The summed E-state index contributed by atoms with van der Waals surface area (Å²) in [5.41, 5.74) is 1.07. The predicted molar refractivity (Wildman–Crippen MR) is 112 cm³/mol. The zero-order valence-corrected chi connectivity index (χ0v) is 18.2. The number of nitrogens with zero attached hydrogens (tertiary/aromatic N) is 2. The minimum absolute atomic E-state index is 0.00276. The van der Waals surface area contributed by atoms with E-state index in [1.165, 1.54) is 11.0 Å². The summed E-state index contributed by atoms with van der Waals surface area (Å²) in [5, 5.41) is 0. The van der Waals surface area contributed by atoms with E-state index in [9.17, 15) is 26.8 Å². The lowest BCUT2D eigenvalue weighted by molar-refractivity contribution is -0.132. The molecule has 0 bridgehead atoms. The molecule has 2 saturated heterocycles. The van der Waals surface area contributed by atoms with Gasteiger partial charge in [-0.25, -0.2) is 8.42 Å². The van der Waals surface area contributed by atoms with Gasteiger partial charge in [-0.1, -0.05) is 13.0 Å². The van der Waals surface area contributed by atoms with Gasteiger partial charge in [0.25, 0.3) is 6.08 Å². The monoisotopic (exact) mass is 454 g/mol. The number of carbonyl (C=O) groups is 2. The molecule has 2 aliphatic heterocycles. The molecule has 3 rings (SSSR count). The first-order valence-electron chi connectivity index (χ1n) is 10.2. The molecule has 1 aromatic carbocycles. The highest BCUT2D eigenvalue weighted by Gasteiger charge is 2.31. The van der Waals surface area contributed by atoms with Crippen LogP contribution in [0.1, 0.15) is 38.2 Å². The number of sulfonamides is 1. The summed E-state index contributed by atoms with van der Waals surface area (Å²) in [4.78, 5) is 27.7. The molecule has 2 aliphatic rings. The Morgan fingerprint density at radius 3 is 2.42 bits per heavy atom. The third-order valence-electron chi connectivity index (χ3n) is 5.66. The molecule has 1 N–H and O–H groups in total. The molecule has 1 atom stereocenters. The Kier molecular flexibility index (Phi) is 7.10. The van der Waals surface area contributed by atoms with E-state index < -0.39 is 28.1 Å². The number of rotatable bonds is 6.